The lowest BCUT2D eigenvalue weighted by Gasteiger charge is -1.84. The lowest BCUT2D eigenvalue weighted by atomic mass is 10.4. The maximum Gasteiger partial charge on any atom is 0.0326 e. The average Bonchev–Trinajstić information content (AvgIpc) is 2.20. The van der Waals surface area contributed by atoms with Crippen LogP contribution in [0.25, 0.3) is 0 Å². The number of rotatable bonds is 2. The van der Waals surface area contributed by atoms with E-state index in [0.717, 1.165) is 12.1 Å². The lowest BCUT2D eigenvalue weighted by Crippen LogP contribution is -1.69. The Labute approximate surface area is 78.6 Å². The summed E-state index contributed by atoms with van der Waals surface area (Å²) < 4.78 is 0. The molecule has 1 heteroatoms. The van der Waals surface area contributed by atoms with Gasteiger partial charge in [-0.05, 0) is 20.3 Å². The Kier molecular flexibility index (Phi) is 32.7. The van der Waals surface area contributed by atoms with Crippen molar-refractivity contribution in [2.24, 2.45) is 4.99 Å². The van der Waals surface area contributed by atoms with Crippen LogP contribution in [0.15, 0.2) is 16.8 Å². The largest absolute Gasteiger partial charge is 0.266 e. The molecule has 0 unspecified atom stereocenters. The van der Waals surface area contributed by atoms with E-state index in [1.54, 1.807) is 0 Å². The summed E-state index contributed by atoms with van der Waals surface area (Å²) in [7, 11) is 0. The van der Waals surface area contributed by atoms with Crippen LogP contribution in [0.4, 0.5) is 0 Å². The standard InChI is InChI=1S/C7H13N.2C2H6/c1-4-6-8-7(3)5-2;2*1-2/h5-6H,4H2,1-3H3;2*1-2H3/b7-5-,8-6?;;. The second-order valence-electron chi connectivity index (χ2n) is 1.65. The van der Waals surface area contributed by atoms with Crippen LogP contribution >= 0.6 is 0 Å². The molecule has 1 nitrogen and oxygen atoms in total. The van der Waals surface area contributed by atoms with Gasteiger partial charge in [-0.2, -0.15) is 0 Å². The van der Waals surface area contributed by atoms with Crippen LogP contribution in [-0.2, 0) is 0 Å². The molecule has 0 fully saturated rings. The third-order valence-electron chi connectivity index (χ3n) is 0.895. The summed E-state index contributed by atoms with van der Waals surface area (Å²) >= 11 is 0. The van der Waals surface area contributed by atoms with Gasteiger partial charge in [-0.25, -0.2) is 0 Å². The van der Waals surface area contributed by atoms with Crippen LogP contribution < -0.4 is 0 Å². The summed E-state index contributed by atoms with van der Waals surface area (Å²) in [6, 6.07) is 0. The number of aliphatic imine (C=N–C) groups is 1. The molecule has 0 aliphatic rings. The van der Waals surface area contributed by atoms with Crippen molar-refractivity contribution in [1.29, 1.82) is 0 Å². The van der Waals surface area contributed by atoms with Gasteiger partial charge in [0.1, 0.15) is 0 Å². The minimum atomic E-state index is 1.02. The topological polar surface area (TPSA) is 12.4 Å². The summed E-state index contributed by atoms with van der Waals surface area (Å²) in [5, 5.41) is 0. The van der Waals surface area contributed by atoms with Gasteiger partial charge in [0.15, 0.2) is 0 Å². The molecule has 0 N–H and O–H groups in total. The number of allylic oxidation sites excluding steroid dienone is 2. The normalized spacial score (nSPS) is 9.75. The van der Waals surface area contributed by atoms with E-state index in [9.17, 15) is 0 Å². The van der Waals surface area contributed by atoms with Crippen molar-refractivity contribution in [1.82, 2.24) is 0 Å². The molecule has 0 aliphatic heterocycles. The van der Waals surface area contributed by atoms with Crippen molar-refractivity contribution in [3.8, 4) is 0 Å². The Morgan fingerprint density at radius 3 is 1.83 bits per heavy atom. The van der Waals surface area contributed by atoms with Gasteiger partial charge < -0.3 is 0 Å². The predicted molar refractivity (Wildman–Crippen MR) is 60.9 cm³/mol. The molecule has 0 atom stereocenters. The SMILES string of the molecule is C/C=C(/C)N=CCC.CC.CC. The van der Waals surface area contributed by atoms with Gasteiger partial charge >= 0.3 is 0 Å². The highest BCUT2D eigenvalue weighted by Gasteiger charge is 1.73. The smallest absolute Gasteiger partial charge is 0.0326 e. The van der Waals surface area contributed by atoms with Crippen molar-refractivity contribution in [2.45, 2.75) is 54.9 Å². The zero-order chi connectivity index (χ0) is 10.4. The first-order chi connectivity index (χ1) is 5.81. The summed E-state index contributed by atoms with van der Waals surface area (Å²) in [5.74, 6) is 0. The highest BCUT2D eigenvalue weighted by Crippen LogP contribution is 1.90. The molecule has 0 radical (unpaired) electrons. The third kappa shape index (κ3) is 22.7. The number of hydrogen-bond donors (Lipinski definition) is 0. The maximum absolute atomic E-state index is 4.10. The Morgan fingerprint density at radius 1 is 1.17 bits per heavy atom. The van der Waals surface area contributed by atoms with Crippen molar-refractivity contribution < 1.29 is 0 Å². The van der Waals surface area contributed by atoms with Gasteiger partial charge in [0.05, 0.1) is 0 Å². The predicted octanol–water partition coefficient (Wildman–Crippen LogP) is 4.44. The molecular weight excluding hydrogens is 146 g/mol. The maximum atomic E-state index is 4.10. The molecule has 0 heterocycles. The molecule has 0 aromatic carbocycles. The second-order valence-corrected chi connectivity index (χ2v) is 1.65. The Hall–Kier alpha value is -0.590. The Balaban J connectivity index is -0.000000175. The van der Waals surface area contributed by atoms with Gasteiger partial charge in [-0.3, -0.25) is 4.99 Å². The fourth-order valence-electron chi connectivity index (χ4n) is 0.310. The molecule has 74 valence electrons. The highest BCUT2D eigenvalue weighted by molar-refractivity contribution is 5.58. The number of hydrogen-bond acceptors (Lipinski definition) is 1. The van der Waals surface area contributed by atoms with E-state index in [1.807, 2.05) is 53.8 Å². The van der Waals surface area contributed by atoms with Crippen LogP contribution in [0.5, 0.6) is 0 Å². The fourth-order valence-corrected chi connectivity index (χ4v) is 0.310. The van der Waals surface area contributed by atoms with Gasteiger partial charge in [-0.1, -0.05) is 40.7 Å². The molecule has 0 aromatic heterocycles. The minimum absolute atomic E-state index is 1.02. The first-order valence-corrected chi connectivity index (χ1v) is 4.96. The lowest BCUT2D eigenvalue weighted by molar-refractivity contribution is 1.24. The minimum Gasteiger partial charge on any atom is -0.266 e. The van der Waals surface area contributed by atoms with Gasteiger partial charge in [0.25, 0.3) is 0 Å². The van der Waals surface area contributed by atoms with Gasteiger partial charge in [0.2, 0.25) is 0 Å². The molecule has 0 spiro atoms. The van der Waals surface area contributed by atoms with Crippen molar-refractivity contribution >= 4 is 6.21 Å². The number of nitrogens with zero attached hydrogens (tertiary/aromatic N) is 1. The molecule has 0 saturated heterocycles. The van der Waals surface area contributed by atoms with Crippen LogP contribution in [-0.4, -0.2) is 6.21 Å². The summed E-state index contributed by atoms with van der Waals surface area (Å²) in [6.45, 7) is 14.1. The van der Waals surface area contributed by atoms with E-state index in [0.29, 0.717) is 0 Å². The zero-order valence-electron chi connectivity index (χ0n) is 9.81. The Bertz CT molecular complexity index is 102. The monoisotopic (exact) mass is 171 g/mol. The molecule has 0 aromatic rings. The van der Waals surface area contributed by atoms with Crippen LogP contribution in [0.2, 0.25) is 0 Å². The van der Waals surface area contributed by atoms with Crippen LogP contribution in [0.3, 0.4) is 0 Å². The molecule has 0 rings (SSSR count). The molecule has 0 saturated carbocycles. The fraction of sp³-hybridized carbons (Fsp3) is 0.727. The van der Waals surface area contributed by atoms with Crippen molar-refractivity contribution in [2.75, 3.05) is 0 Å². The summed E-state index contributed by atoms with van der Waals surface area (Å²) in [4.78, 5) is 4.10. The van der Waals surface area contributed by atoms with Crippen LogP contribution in [0.1, 0.15) is 54.9 Å². The van der Waals surface area contributed by atoms with E-state index in [2.05, 4.69) is 11.9 Å². The zero-order valence-corrected chi connectivity index (χ0v) is 9.81. The molecular formula is C11H25N. The van der Waals surface area contributed by atoms with Gasteiger partial charge in [0, 0.05) is 11.9 Å². The summed E-state index contributed by atoms with van der Waals surface area (Å²) in [5.41, 5.74) is 1.09. The first kappa shape index (κ1) is 17.5. The molecule has 0 amide bonds. The molecule has 0 aliphatic carbocycles. The molecule has 0 bridgehead atoms. The second kappa shape index (κ2) is 22.4. The highest BCUT2D eigenvalue weighted by atomic mass is 14.7. The van der Waals surface area contributed by atoms with E-state index < -0.39 is 0 Å². The van der Waals surface area contributed by atoms with Gasteiger partial charge in [-0.15, -0.1) is 0 Å². The van der Waals surface area contributed by atoms with Crippen molar-refractivity contribution in [3.05, 3.63) is 11.8 Å². The van der Waals surface area contributed by atoms with E-state index in [-0.39, 0.29) is 0 Å². The summed E-state index contributed by atoms with van der Waals surface area (Å²) in [6.07, 6.45) is 4.92. The van der Waals surface area contributed by atoms with E-state index in [1.165, 1.54) is 0 Å². The Morgan fingerprint density at radius 2 is 1.58 bits per heavy atom. The van der Waals surface area contributed by atoms with E-state index in [4.69, 9.17) is 0 Å². The van der Waals surface area contributed by atoms with Crippen molar-refractivity contribution in [3.63, 3.8) is 0 Å². The molecule has 12 heavy (non-hydrogen) atoms. The van der Waals surface area contributed by atoms with Crippen LogP contribution in [0, 0.1) is 0 Å². The average molecular weight is 171 g/mol. The first-order valence-electron chi connectivity index (χ1n) is 4.96. The van der Waals surface area contributed by atoms with E-state index >= 15 is 0 Å². The third-order valence-corrected chi connectivity index (χ3v) is 0.895. The quantitative estimate of drug-likeness (QED) is 0.544.